The minimum Gasteiger partial charge on any atom is -0.486 e. The summed E-state index contributed by atoms with van der Waals surface area (Å²) >= 11 is 0. The van der Waals surface area contributed by atoms with Crippen LogP contribution in [0, 0.1) is 0 Å². The van der Waals surface area contributed by atoms with Crippen molar-refractivity contribution in [1.82, 2.24) is 0 Å². The van der Waals surface area contributed by atoms with E-state index in [0.717, 1.165) is 25.7 Å². The zero-order chi connectivity index (χ0) is 29.7. The summed E-state index contributed by atoms with van der Waals surface area (Å²) in [6.45, 7) is 4.45. The van der Waals surface area contributed by atoms with E-state index in [-0.39, 0.29) is 0 Å². The third kappa shape index (κ3) is 24.7. The molecule has 0 radical (unpaired) electrons. The Morgan fingerprint density at radius 2 is 1.05 bits per heavy atom. The van der Waals surface area contributed by atoms with Crippen LogP contribution in [0.3, 0.4) is 0 Å². The van der Waals surface area contributed by atoms with Crippen LogP contribution in [0.5, 0.6) is 0 Å². The van der Waals surface area contributed by atoms with Gasteiger partial charge in [-0.3, -0.25) is 9.59 Å². The van der Waals surface area contributed by atoms with Crippen molar-refractivity contribution in [1.29, 1.82) is 0 Å². The van der Waals surface area contributed by atoms with Crippen molar-refractivity contribution in [2.45, 2.75) is 154 Å². The number of amides is 2. The van der Waals surface area contributed by atoms with Crippen LogP contribution < -0.4 is 17.2 Å². The van der Waals surface area contributed by atoms with Crippen molar-refractivity contribution in [3.8, 4) is 0 Å². The van der Waals surface area contributed by atoms with E-state index in [1.54, 1.807) is 12.3 Å². The van der Waals surface area contributed by atoms with Crippen LogP contribution in [0.4, 0.5) is 0 Å². The number of allylic oxidation sites excluding steroid dienone is 2. The van der Waals surface area contributed by atoms with Gasteiger partial charge in [0.1, 0.15) is 12.2 Å². The third-order valence-corrected chi connectivity index (χ3v) is 6.46. The molecule has 0 aromatic heterocycles. The summed E-state index contributed by atoms with van der Waals surface area (Å²) in [6.07, 6.45) is 21.7. The van der Waals surface area contributed by atoms with Gasteiger partial charge in [-0.25, -0.2) is 0 Å². The topological polar surface area (TPSA) is 182 Å². The van der Waals surface area contributed by atoms with Crippen LogP contribution in [0.15, 0.2) is 24.6 Å². The fourth-order valence-electron chi connectivity index (χ4n) is 3.95. The molecular weight excluding hydrogens is 498 g/mol. The van der Waals surface area contributed by atoms with Gasteiger partial charge in [-0.05, 0) is 38.0 Å². The average Bonchev–Trinajstić information content (AvgIpc) is 2.91. The Kier molecular flexibility index (Phi) is 28.9. The quantitative estimate of drug-likeness (QED) is 0.0707. The highest BCUT2D eigenvalue weighted by Crippen LogP contribution is 2.12. The largest absolute Gasteiger partial charge is 0.486 e. The fourth-order valence-corrected chi connectivity index (χ4v) is 3.95. The van der Waals surface area contributed by atoms with E-state index >= 15 is 0 Å². The average molecular weight is 558 g/mol. The van der Waals surface area contributed by atoms with Crippen LogP contribution in [0.25, 0.3) is 0 Å². The fraction of sp³-hybridized carbons (Fsp3) is 0.800. The molecule has 9 N–H and O–H groups in total. The zero-order valence-electron chi connectivity index (χ0n) is 24.6. The van der Waals surface area contributed by atoms with Gasteiger partial charge in [0.05, 0.1) is 6.26 Å². The van der Waals surface area contributed by atoms with E-state index in [1.165, 1.54) is 96.2 Å². The number of aliphatic hydroxyl groups excluding tert-OH is 3. The Hall–Kier alpha value is -2.10. The van der Waals surface area contributed by atoms with E-state index in [0.29, 0.717) is 0 Å². The van der Waals surface area contributed by atoms with Crippen LogP contribution in [0.2, 0.25) is 0 Å². The standard InChI is InChI=1S/C18H34N2O6.C12H25N/c1-2-3-4-5-6-7-8-9-10-11-12-26-16(18(20)25)14(22)13(21)15(23)17(19)24;1-2-3-4-5-6-7-8-9-10-11-12-13/h11-16,21-23H,2-10H2,1H3,(H2,19,24)(H2,20,25);11-12H,2-10,13H2,1H3/b2*12-11+/t13-,14-,15-,16+;/m0./s1. The molecule has 0 rings (SSSR count). The van der Waals surface area contributed by atoms with Crippen LogP contribution in [0.1, 0.15) is 129 Å². The van der Waals surface area contributed by atoms with Crippen molar-refractivity contribution in [3.63, 3.8) is 0 Å². The lowest BCUT2D eigenvalue weighted by Crippen LogP contribution is -2.53. The Labute approximate surface area is 237 Å². The van der Waals surface area contributed by atoms with Crippen LogP contribution >= 0.6 is 0 Å². The second-order valence-corrected chi connectivity index (χ2v) is 10.1. The van der Waals surface area contributed by atoms with E-state index in [9.17, 15) is 24.9 Å². The first kappa shape index (κ1) is 39.0. The van der Waals surface area contributed by atoms with Crippen molar-refractivity contribution in [2.24, 2.45) is 17.2 Å². The van der Waals surface area contributed by atoms with Crippen molar-refractivity contribution in [3.05, 3.63) is 24.6 Å². The number of aliphatic hydroxyl groups is 3. The molecule has 0 aromatic carbocycles. The van der Waals surface area contributed by atoms with E-state index in [2.05, 4.69) is 19.9 Å². The van der Waals surface area contributed by atoms with Gasteiger partial charge in [-0.15, -0.1) is 0 Å². The Bertz CT molecular complexity index is 630. The van der Waals surface area contributed by atoms with Crippen molar-refractivity contribution < 1.29 is 29.6 Å². The molecule has 0 aliphatic rings. The van der Waals surface area contributed by atoms with E-state index < -0.39 is 36.2 Å². The van der Waals surface area contributed by atoms with Crippen LogP contribution in [-0.2, 0) is 14.3 Å². The summed E-state index contributed by atoms with van der Waals surface area (Å²) in [5.74, 6) is -2.27. The number of hydrogen-bond donors (Lipinski definition) is 6. The van der Waals surface area contributed by atoms with Gasteiger partial charge in [0.15, 0.2) is 6.10 Å². The minimum atomic E-state index is -2.03. The van der Waals surface area contributed by atoms with Crippen molar-refractivity contribution in [2.75, 3.05) is 0 Å². The summed E-state index contributed by atoms with van der Waals surface area (Å²) in [5.41, 5.74) is 15.2. The molecule has 4 atom stereocenters. The first-order valence-corrected chi connectivity index (χ1v) is 15.0. The normalized spacial score (nSPS) is 14.5. The molecule has 9 heteroatoms. The molecule has 0 heterocycles. The molecule has 0 spiro atoms. The molecule has 0 fully saturated rings. The number of carbonyl (C=O) groups excluding carboxylic acids is 2. The molecule has 2 amide bonds. The first-order chi connectivity index (χ1) is 18.7. The van der Waals surface area contributed by atoms with E-state index in [1.807, 2.05) is 0 Å². The molecular formula is C30H59N3O6. The molecule has 0 aliphatic heterocycles. The molecule has 0 saturated carbocycles. The van der Waals surface area contributed by atoms with Gasteiger partial charge in [-0.2, -0.15) is 0 Å². The monoisotopic (exact) mass is 557 g/mol. The molecule has 0 aliphatic carbocycles. The lowest BCUT2D eigenvalue weighted by atomic mass is 10.0. The number of primary amides is 2. The van der Waals surface area contributed by atoms with E-state index in [4.69, 9.17) is 21.9 Å². The minimum absolute atomic E-state index is 0.739. The first-order valence-electron chi connectivity index (χ1n) is 15.0. The summed E-state index contributed by atoms with van der Waals surface area (Å²) in [7, 11) is 0. The second kappa shape index (κ2) is 28.9. The van der Waals surface area contributed by atoms with Gasteiger partial charge in [0.25, 0.3) is 5.91 Å². The number of rotatable bonds is 25. The second-order valence-electron chi connectivity index (χ2n) is 10.1. The zero-order valence-corrected chi connectivity index (χ0v) is 24.6. The predicted octanol–water partition coefficient (Wildman–Crippen LogP) is 4.46. The molecule has 9 nitrogen and oxygen atoms in total. The van der Waals surface area contributed by atoms with Crippen LogP contribution in [-0.4, -0.2) is 51.5 Å². The number of ether oxygens (including phenoxy) is 1. The summed E-state index contributed by atoms with van der Waals surface area (Å²) in [4.78, 5) is 22.2. The smallest absolute Gasteiger partial charge is 0.261 e. The lowest BCUT2D eigenvalue weighted by molar-refractivity contribution is -0.152. The SMILES string of the molecule is CCCCCCCCCC/C=C/N.CCCCCCCCCC/C=C/O[C@@H](C(N)=O)[C@@H](O)[C@H](O)[C@H](O)C(N)=O. The molecule has 230 valence electrons. The Balaban J connectivity index is 0. The maximum atomic E-state index is 11.3. The van der Waals surface area contributed by atoms with Gasteiger partial charge in [-0.1, -0.05) is 110 Å². The maximum absolute atomic E-state index is 11.3. The predicted molar refractivity (Wildman–Crippen MR) is 158 cm³/mol. The number of nitrogens with two attached hydrogens (primary N) is 3. The molecule has 39 heavy (non-hydrogen) atoms. The number of hydrogen-bond acceptors (Lipinski definition) is 7. The molecule has 0 unspecified atom stereocenters. The molecule has 0 aromatic rings. The highest BCUT2D eigenvalue weighted by Gasteiger charge is 2.37. The number of carbonyl (C=O) groups is 2. The highest BCUT2D eigenvalue weighted by atomic mass is 16.5. The third-order valence-electron chi connectivity index (χ3n) is 6.46. The van der Waals surface area contributed by atoms with Gasteiger partial charge in [0.2, 0.25) is 12.0 Å². The Morgan fingerprint density at radius 3 is 1.44 bits per heavy atom. The number of unbranched alkanes of at least 4 members (excludes halogenated alkanes) is 16. The van der Waals surface area contributed by atoms with Gasteiger partial charge in [0, 0.05) is 0 Å². The lowest BCUT2D eigenvalue weighted by Gasteiger charge is -2.25. The summed E-state index contributed by atoms with van der Waals surface area (Å²) in [6, 6.07) is 0. The summed E-state index contributed by atoms with van der Waals surface area (Å²) < 4.78 is 5.06. The van der Waals surface area contributed by atoms with Gasteiger partial charge >= 0.3 is 0 Å². The van der Waals surface area contributed by atoms with Crippen molar-refractivity contribution >= 4 is 11.8 Å². The molecule has 0 bridgehead atoms. The Morgan fingerprint density at radius 1 is 0.641 bits per heavy atom. The summed E-state index contributed by atoms with van der Waals surface area (Å²) in [5, 5.41) is 28.8. The molecule has 0 saturated heterocycles. The highest BCUT2D eigenvalue weighted by molar-refractivity contribution is 5.81. The van der Waals surface area contributed by atoms with Gasteiger partial charge < -0.3 is 37.3 Å². The maximum Gasteiger partial charge on any atom is 0.261 e.